The Morgan fingerprint density at radius 3 is 2.08 bits per heavy atom. The molecule has 4 rings (SSSR count). The average molecular weight is 672 g/mol. The second kappa shape index (κ2) is 16.3. The number of hydrogen-bond acceptors (Lipinski definition) is 6. The van der Waals surface area contributed by atoms with Crippen LogP contribution < -0.4 is 19.1 Å². The summed E-state index contributed by atoms with van der Waals surface area (Å²) in [6.45, 7) is 7.77. The second-order valence-electron chi connectivity index (χ2n) is 12.2. The summed E-state index contributed by atoms with van der Waals surface area (Å²) in [5.74, 6) is 0.0504. The number of ether oxygens (including phenoxy) is 2. The zero-order chi connectivity index (χ0) is 34.8. The molecule has 0 fully saturated rings. The summed E-state index contributed by atoms with van der Waals surface area (Å²) in [6, 6.07) is 27.4. The number of sulfonamides is 1. The van der Waals surface area contributed by atoms with Gasteiger partial charge >= 0.3 is 0 Å². The van der Waals surface area contributed by atoms with E-state index in [1.54, 1.807) is 24.3 Å². The fourth-order valence-electron chi connectivity index (χ4n) is 5.29. The van der Waals surface area contributed by atoms with Gasteiger partial charge in [0, 0.05) is 25.6 Å². The summed E-state index contributed by atoms with van der Waals surface area (Å²) in [5, 5.41) is 3.02. The number of amides is 2. The first-order valence-corrected chi connectivity index (χ1v) is 17.4. The van der Waals surface area contributed by atoms with Gasteiger partial charge in [-0.2, -0.15) is 0 Å². The van der Waals surface area contributed by atoms with Crippen molar-refractivity contribution in [3.05, 3.63) is 119 Å². The van der Waals surface area contributed by atoms with Gasteiger partial charge in [-0.1, -0.05) is 86.1 Å². The number of benzene rings is 4. The molecule has 0 aliphatic carbocycles. The van der Waals surface area contributed by atoms with Crippen LogP contribution in [0.4, 0.5) is 5.69 Å². The van der Waals surface area contributed by atoms with Crippen molar-refractivity contribution in [1.82, 2.24) is 10.2 Å². The van der Waals surface area contributed by atoms with Gasteiger partial charge in [-0.05, 0) is 60.7 Å². The molecule has 4 aromatic rings. The third-order valence-electron chi connectivity index (χ3n) is 8.10. The molecular weight excluding hydrogens is 627 g/mol. The molecule has 254 valence electrons. The van der Waals surface area contributed by atoms with E-state index in [2.05, 4.69) is 5.32 Å². The summed E-state index contributed by atoms with van der Waals surface area (Å²) >= 11 is 0. The highest BCUT2D eigenvalue weighted by Crippen LogP contribution is 2.34. The summed E-state index contributed by atoms with van der Waals surface area (Å²) in [4.78, 5) is 30.2. The lowest BCUT2D eigenvalue weighted by Gasteiger charge is -2.34. The number of methoxy groups -OCH3 is 2. The number of nitrogens with zero attached hydrogens (tertiary/aromatic N) is 2. The van der Waals surface area contributed by atoms with Crippen LogP contribution in [0.15, 0.2) is 102 Å². The van der Waals surface area contributed by atoms with E-state index in [4.69, 9.17) is 9.47 Å². The molecule has 2 amide bonds. The molecule has 0 saturated carbocycles. The summed E-state index contributed by atoms with van der Waals surface area (Å²) in [7, 11) is -1.32. The normalized spacial score (nSPS) is 11.9. The van der Waals surface area contributed by atoms with Gasteiger partial charge in [0.25, 0.3) is 10.0 Å². The van der Waals surface area contributed by atoms with Crippen LogP contribution in [0.2, 0.25) is 0 Å². The highest BCUT2D eigenvalue weighted by atomic mass is 32.2. The number of aryl methyl sites for hydroxylation is 2. The second-order valence-corrected chi connectivity index (χ2v) is 14.0. The van der Waals surface area contributed by atoms with Crippen LogP contribution in [0.1, 0.15) is 36.1 Å². The van der Waals surface area contributed by atoms with Gasteiger partial charge in [0.2, 0.25) is 11.8 Å². The molecular formula is C38H45N3O6S. The van der Waals surface area contributed by atoms with E-state index in [9.17, 15) is 18.0 Å². The van der Waals surface area contributed by atoms with E-state index in [-0.39, 0.29) is 35.4 Å². The van der Waals surface area contributed by atoms with Gasteiger partial charge in [0.05, 0.1) is 24.8 Å². The lowest BCUT2D eigenvalue weighted by Crippen LogP contribution is -2.53. The minimum Gasteiger partial charge on any atom is -0.493 e. The molecule has 1 atom stereocenters. The van der Waals surface area contributed by atoms with Gasteiger partial charge in [0.1, 0.15) is 12.6 Å². The third-order valence-corrected chi connectivity index (χ3v) is 9.89. The van der Waals surface area contributed by atoms with Crippen molar-refractivity contribution in [2.24, 2.45) is 5.92 Å². The number of nitrogens with one attached hydrogen (secondary N) is 1. The zero-order valence-corrected chi connectivity index (χ0v) is 29.3. The molecule has 0 aliphatic rings. The Bertz CT molecular complexity index is 1790. The summed E-state index contributed by atoms with van der Waals surface area (Å²) in [5.41, 5.74) is 3.76. The molecule has 1 N–H and O–H groups in total. The highest BCUT2D eigenvalue weighted by Gasteiger charge is 2.35. The molecule has 0 aliphatic heterocycles. The Morgan fingerprint density at radius 2 is 1.46 bits per heavy atom. The van der Waals surface area contributed by atoms with Crippen LogP contribution in [-0.4, -0.2) is 58.5 Å². The topological polar surface area (TPSA) is 105 Å². The van der Waals surface area contributed by atoms with Crippen molar-refractivity contribution in [2.75, 3.05) is 31.6 Å². The van der Waals surface area contributed by atoms with Gasteiger partial charge in [0.15, 0.2) is 11.5 Å². The Morgan fingerprint density at radius 1 is 0.812 bits per heavy atom. The lowest BCUT2D eigenvalue weighted by molar-refractivity contribution is -0.140. The molecule has 0 heterocycles. The van der Waals surface area contributed by atoms with Crippen molar-refractivity contribution >= 4 is 27.5 Å². The lowest BCUT2D eigenvalue weighted by atomic mass is 10.0. The minimum absolute atomic E-state index is 0.0247. The molecule has 0 spiro atoms. The van der Waals surface area contributed by atoms with Gasteiger partial charge in [-0.3, -0.25) is 13.9 Å². The van der Waals surface area contributed by atoms with Gasteiger partial charge in [-0.15, -0.1) is 0 Å². The Hall–Kier alpha value is -4.83. The SMILES string of the molecule is COc1ccc(N(CC(=O)N(Cc2ccccc2C)[C@H](Cc2ccccc2)C(=O)NCC(C)C)S(=O)(=O)c2ccc(C)cc2)cc1OC. The molecule has 0 radical (unpaired) electrons. The largest absolute Gasteiger partial charge is 0.493 e. The van der Waals surface area contributed by atoms with Crippen LogP contribution in [0.3, 0.4) is 0 Å². The first-order valence-electron chi connectivity index (χ1n) is 15.9. The average Bonchev–Trinajstić information content (AvgIpc) is 3.08. The maximum atomic E-state index is 14.7. The smallest absolute Gasteiger partial charge is 0.264 e. The van der Waals surface area contributed by atoms with Crippen LogP contribution in [0, 0.1) is 19.8 Å². The molecule has 0 aromatic heterocycles. The van der Waals surface area contributed by atoms with Crippen LogP contribution in [-0.2, 0) is 32.6 Å². The van der Waals surface area contributed by atoms with E-state index < -0.39 is 28.5 Å². The van der Waals surface area contributed by atoms with E-state index in [0.29, 0.717) is 18.0 Å². The highest BCUT2D eigenvalue weighted by molar-refractivity contribution is 7.92. The van der Waals surface area contributed by atoms with Crippen molar-refractivity contribution in [1.29, 1.82) is 0 Å². The molecule has 10 heteroatoms. The van der Waals surface area contributed by atoms with Crippen LogP contribution in [0.25, 0.3) is 0 Å². The first kappa shape index (κ1) is 36.0. The predicted octanol–water partition coefficient (Wildman–Crippen LogP) is 5.93. The van der Waals surface area contributed by atoms with E-state index in [0.717, 1.165) is 26.6 Å². The Kier molecular flexibility index (Phi) is 12.2. The monoisotopic (exact) mass is 671 g/mol. The maximum Gasteiger partial charge on any atom is 0.264 e. The van der Waals surface area contributed by atoms with Gasteiger partial charge in [-0.25, -0.2) is 8.42 Å². The fraction of sp³-hybridized carbons (Fsp3) is 0.316. The fourth-order valence-corrected chi connectivity index (χ4v) is 6.70. The number of anilines is 1. The standard InChI is InChI=1S/C38H45N3O6S/c1-27(2)24-39-38(43)34(22-30-13-8-7-9-14-30)40(25-31-15-11-10-12-29(31)4)37(42)26-41(32-18-21-35(46-5)36(23-32)47-6)48(44,45)33-19-16-28(3)17-20-33/h7-21,23,27,34H,22,24-26H2,1-6H3,(H,39,43)/t34-/m1/s1. The zero-order valence-electron chi connectivity index (χ0n) is 28.5. The minimum atomic E-state index is -4.26. The summed E-state index contributed by atoms with van der Waals surface area (Å²) in [6.07, 6.45) is 0.240. The van der Waals surface area contributed by atoms with E-state index in [1.807, 2.05) is 82.3 Å². The number of carbonyl (C=O) groups excluding carboxylic acids is 2. The Labute approximate surface area is 284 Å². The third kappa shape index (κ3) is 8.95. The molecule has 4 aromatic carbocycles. The van der Waals surface area contributed by atoms with Crippen molar-refractivity contribution < 1.29 is 27.5 Å². The number of carbonyl (C=O) groups is 2. The molecule has 0 unspecified atom stereocenters. The van der Waals surface area contributed by atoms with Crippen molar-refractivity contribution in [3.8, 4) is 11.5 Å². The first-order chi connectivity index (χ1) is 22.9. The Balaban J connectivity index is 1.85. The quantitative estimate of drug-likeness (QED) is 0.168. The predicted molar refractivity (Wildman–Crippen MR) is 189 cm³/mol. The number of hydrogen-bond donors (Lipinski definition) is 1. The summed E-state index contributed by atoms with van der Waals surface area (Å²) < 4.78 is 40.6. The van der Waals surface area contributed by atoms with E-state index >= 15 is 0 Å². The molecule has 9 nitrogen and oxygen atoms in total. The maximum absolute atomic E-state index is 14.7. The number of rotatable bonds is 15. The molecule has 48 heavy (non-hydrogen) atoms. The van der Waals surface area contributed by atoms with Crippen molar-refractivity contribution in [2.45, 2.75) is 51.6 Å². The van der Waals surface area contributed by atoms with Crippen LogP contribution >= 0.6 is 0 Å². The van der Waals surface area contributed by atoms with Crippen molar-refractivity contribution in [3.63, 3.8) is 0 Å². The van der Waals surface area contributed by atoms with E-state index in [1.165, 1.54) is 37.3 Å². The molecule has 0 saturated heterocycles. The molecule has 0 bridgehead atoms. The van der Waals surface area contributed by atoms with Crippen LogP contribution in [0.5, 0.6) is 11.5 Å². The van der Waals surface area contributed by atoms with Gasteiger partial charge < -0.3 is 19.7 Å².